The average molecular weight is 377 g/mol. The summed E-state index contributed by atoms with van der Waals surface area (Å²) in [5.74, 6) is 1.72. The molecule has 1 amide bonds. The number of methoxy groups -OCH3 is 1. The van der Waals surface area contributed by atoms with Crippen LogP contribution in [-0.4, -0.2) is 29.0 Å². The van der Waals surface area contributed by atoms with Crippen molar-refractivity contribution < 1.29 is 9.53 Å². The van der Waals surface area contributed by atoms with Gasteiger partial charge in [0.2, 0.25) is 5.91 Å². The number of carbonyl (C=O) groups is 1. The largest absolute Gasteiger partial charge is 0.496 e. The Bertz CT molecular complexity index is 696. The topological polar surface area (TPSA) is 51.2 Å². The number of rotatable bonds is 7. The molecule has 0 radical (unpaired) electrons. The molecule has 1 aliphatic carbocycles. The van der Waals surface area contributed by atoms with Crippen molar-refractivity contribution in [2.24, 2.45) is 0 Å². The lowest BCUT2D eigenvalue weighted by molar-refractivity contribution is -0.115. The number of aromatic nitrogens is 1. The monoisotopic (exact) mass is 376 g/mol. The number of benzene rings is 1. The lowest BCUT2D eigenvalue weighted by Crippen LogP contribution is -2.14. The lowest BCUT2D eigenvalue weighted by Gasteiger charge is -2.20. The summed E-state index contributed by atoms with van der Waals surface area (Å²) >= 11 is 3.40. The molecular formula is C19H24N2O2S2. The zero-order valence-corrected chi connectivity index (χ0v) is 16.1. The Labute approximate surface area is 157 Å². The third kappa shape index (κ3) is 5.22. The van der Waals surface area contributed by atoms with E-state index in [1.165, 1.54) is 43.4 Å². The number of hydrogen-bond acceptors (Lipinski definition) is 5. The minimum atomic E-state index is 0.0456. The highest BCUT2D eigenvalue weighted by atomic mass is 32.2. The van der Waals surface area contributed by atoms with Crippen molar-refractivity contribution in [2.45, 2.75) is 43.8 Å². The van der Waals surface area contributed by atoms with Gasteiger partial charge in [0, 0.05) is 28.4 Å². The van der Waals surface area contributed by atoms with E-state index < -0.39 is 0 Å². The SMILES string of the molecule is COc1ccccc1-c1csc(NC(=O)CCSC2CCCCC2)n1. The van der Waals surface area contributed by atoms with Crippen LogP contribution in [0, 0.1) is 0 Å². The predicted molar refractivity (Wildman–Crippen MR) is 107 cm³/mol. The van der Waals surface area contributed by atoms with Gasteiger partial charge in [-0.3, -0.25) is 4.79 Å². The number of thioether (sulfide) groups is 1. The molecule has 0 saturated heterocycles. The molecule has 1 aromatic heterocycles. The number of thiazole rings is 1. The van der Waals surface area contributed by atoms with Crippen molar-refractivity contribution in [1.29, 1.82) is 0 Å². The number of nitrogens with one attached hydrogen (secondary N) is 1. The molecular weight excluding hydrogens is 352 g/mol. The van der Waals surface area contributed by atoms with Gasteiger partial charge in [-0.05, 0) is 25.0 Å². The highest BCUT2D eigenvalue weighted by molar-refractivity contribution is 7.99. The number of hydrogen-bond donors (Lipinski definition) is 1. The Kier molecular flexibility index (Phi) is 6.76. The molecule has 6 heteroatoms. The summed E-state index contributed by atoms with van der Waals surface area (Å²) in [5, 5.41) is 6.27. The van der Waals surface area contributed by atoms with Gasteiger partial charge in [0.1, 0.15) is 5.75 Å². The quantitative estimate of drug-likeness (QED) is 0.720. The van der Waals surface area contributed by atoms with E-state index in [-0.39, 0.29) is 5.91 Å². The second-order valence-electron chi connectivity index (χ2n) is 6.17. The molecule has 0 atom stereocenters. The van der Waals surface area contributed by atoms with Gasteiger partial charge in [-0.25, -0.2) is 4.98 Å². The van der Waals surface area contributed by atoms with Gasteiger partial charge in [0.05, 0.1) is 12.8 Å². The summed E-state index contributed by atoms with van der Waals surface area (Å²) < 4.78 is 5.38. The second kappa shape index (κ2) is 9.25. The van der Waals surface area contributed by atoms with E-state index in [1.807, 2.05) is 41.4 Å². The van der Waals surface area contributed by atoms with Gasteiger partial charge in [0.15, 0.2) is 5.13 Å². The van der Waals surface area contributed by atoms with Crippen LogP contribution in [0.3, 0.4) is 0 Å². The molecule has 2 aromatic rings. The molecule has 1 heterocycles. The molecule has 1 saturated carbocycles. The van der Waals surface area contributed by atoms with E-state index in [0.29, 0.717) is 11.6 Å². The Morgan fingerprint density at radius 3 is 2.92 bits per heavy atom. The number of anilines is 1. The first kappa shape index (κ1) is 18.3. The summed E-state index contributed by atoms with van der Waals surface area (Å²) in [5.41, 5.74) is 1.77. The van der Waals surface area contributed by atoms with E-state index in [4.69, 9.17) is 4.74 Å². The molecule has 1 fully saturated rings. The standard InChI is InChI=1S/C19H24N2O2S2/c1-23-17-10-6-5-9-15(17)16-13-25-19(20-16)21-18(22)11-12-24-14-7-3-2-4-8-14/h5-6,9-10,13-14H,2-4,7-8,11-12H2,1H3,(H,20,21,22). The van der Waals surface area contributed by atoms with Gasteiger partial charge in [0.25, 0.3) is 0 Å². The zero-order valence-electron chi connectivity index (χ0n) is 14.5. The molecule has 134 valence electrons. The van der Waals surface area contributed by atoms with Crippen LogP contribution in [0.1, 0.15) is 38.5 Å². The van der Waals surface area contributed by atoms with E-state index in [9.17, 15) is 4.79 Å². The number of nitrogens with zero attached hydrogens (tertiary/aromatic N) is 1. The first-order chi connectivity index (χ1) is 12.3. The van der Waals surface area contributed by atoms with Gasteiger partial charge in [-0.1, -0.05) is 31.4 Å². The summed E-state index contributed by atoms with van der Waals surface area (Å²) in [6.45, 7) is 0. The number of ether oxygens (including phenoxy) is 1. The predicted octanol–water partition coefficient (Wildman–Crippen LogP) is 5.21. The van der Waals surface area contributed by atoms with Crippen LogP contribution >= 0.6 is 23.1 Å². The third-order valence-electron chi connectivity index (χ3n) is 4.37. The van der Waals surface area contributed by atoms with Crippen molar-refractivity contribution in [3.05, 3.63) is 29.6 Å². The van der Waals surface area contributed by atoms with Crippen LogP contribution < -0.4 is 10.1 Å². The molecule has 4 nitrogen and oxygen atoms in total. The maximum absolute atomic E-state index is 12.1. The van der Waals surface area contributed by atoms with Crippen LogP contribution in [0.15, 0.2) is 29.6 Å². The van der Waals surface area contributed by atoms with Crippen LogP contribution in [0.25, 0.3) is 11.3 Å². The normalized spacial score (nSPS) is 15.1. The zero-order chi connectivity index (χ0) is 17.5. The van der Waals surface area contributed by atoms with Crippen molar-refractivity contribution in [2.75, 3.05) is 18.2 Å². The van der Waals surface area contributed by atoms with E-state index in [0.717, 1.165) is 28.0 Å². The highest BCUT2D eigenvalue weighted by Crippen LogP contribution is 2.32. The number of para-hydroxylation sites is 1. The van der Waals surface area contributed by atoms with Crippen molar-refractivity contribution in [3.63, 3.8) is 0 Å². The molecule has 25 heavy (non-hydrogen) atoms. The molecule has 0 unspecified atom stereocenters. The van der Waals surface area contributed by atoms with Crippen LogP contribution in [0.5, 0.6) is 5.75 Å². The highest BCUT2D eigenvalue weighted by Gasteiger charge is 2.15. The summed E-state index contributed by atoms with van der Waals surface area (Å²) in [4.78, 5) is 16.7. The van der Waals surface area contributed by atoms with Gasteiger partial charge in [-0.2, -0.15) is 11.8 Å². The Balaban J connectivity index is 1.50. The fourth-order valence-electron chi connectivity index (χ4n) is 3.04. The molecule has 0 bridgehead atoms. The minimum absolute atomic E-state index is 0.0456. The average Bonchev–Trinajstić information content (AvgIpc) is 3.10. The van der Waals surface area contributed by atoms with Gasteiger partial charge < -0.3 is 10.1 Å². The Morgan fingerprint density at radius 1 is 1.32 bits per heavy atom. The second-order valence-corrected chi connectivity index (χ2v) is 8.43. The summed E-state index contributed by atoms with van der Waals surface area (Å²) in [7, 11) is 1.65. The maximum atomic E-state index is 12.1. The maximum Gasteiger partial charge on any atom is 0.226 e. The van der Waals surface area contributed by atoms with Crippen molar-refractivity contribution >= 4 is 34.1 Å². The molecule has 1 aromatic carbocycles. The lowest BCUT2D eigenvalue weighted by atomic mass is 10.0. The minimum Gasteiger partial charge on any atom is -0.496 e. The Hall–Kier alpha value is -1.53. The first-order valence-corrected chi connectivity index (χ1v) is 10.7. The van der Waals surface area contributed by atoms with Crippen LogP contribution in [0.4, 0.5) is 5.13 Å². The third-order valence-corrected chi connectivity index (χ3v) is 6.51. The van der Waals surface area contributed by atoms with Gasteiger partial charge in [-0.15, -0.1) is 11.3 Å². The molecule has 1 aliphatic rings. The molecule has 0 aliphatic heterocycles. The fourth-order valence-corrected chi connectivity index (χ4v) is 5.07. The number of amides is 1. The van der Waals surface area contributed by atoms with Gasteiger partial charge >= 0.3 is 0 Å². The smallest absolute Gasteiger partial charge is 0.226 e. The fraction of sp³-hybridized carbons (Fsp3) is 0.474. The molecule has 3 rings (SSSR count). The number of carbonyl (C=O) groups excluding carboxylic acids is 1. The molecule has 1 N–H and O–H groups in total. The van der Waals surface area contributed by atoms with E-state index >= 15 is 0 Å². The summed E-state index contributed by atoms with van der Waals surface area (Å²) in [6, 6.07) is 7.77. The molecule has 0 spiro atoms. The van der Waals surface area contributed by atoms with Crippen LogP contribution in [0.2, 0.25) is 0 Å². The first-order valence-electron chi connectivity index (χ1n) is 8.76. The van der Waals surface area contributed by atoms with E-state index in [1.54, 1.807) is 7.11 Å². The van der Waals surface area contributed by atoms with Crippen molar-refractivity contribution in [3.8, 4) is 17.0 Å². The summed E-state index contributed by atoms with van der Waals surface area (Å²) in [6.07, 6.45) is 7.21. The Morgan fingerprint density at radius 2 is 2.12 bits per heavy atom. The van der Waals surface area contributed by atoms with E-state index in [2.05, 4.69) is 10.3 Å². The van der Waals surface area contributed by atoms with Crippen molar-refractivity contribution in [1.82, 2.24) is 4.98 Å². The van der Waals surface area contributed by atoms with Crippen LogP contribution in [-0.2, 0) is 4.79 Å².